The lowest BCUT2D eigenvalue weighted by Crippen LogP contribution is -2.43. The van der Waals surface area contributed by atoms with Gasteiger partial charge in [-0.3, -0.25) is 9.69 Å². The van der Waals surface area contributed by atoms with Gasteiger partial charge in [-0.15, -0.1) is 0 Å². The summed E-state index contributed by atoms with van der Waals surface area (Å²) in [5.74, 6) is 1.84. The standard InChI is InChI=1S/C17H25NO2/c1-4-14-9-11-18(12-10-14)13(2)17(19)15-5-7-16(20-3)8-6-15/h5-8,13-14H,4,9-12H2,1-3H3. The van der Waals surface area contributed by atoms with Crippen LogP contribution in [0.1, 0.15) is 43.5 Å². The Bertz CT molecular complexity index is 433. The second kappa shape index (κ2) is 6.89. The molecular weight excluding hydrogens is 250 g/mol. The summed E-state index contributed by atoms with van der Waals surface area (Å²) in [7, 11) is 1.64. The molecule has 1 atom stereocenters. The van der Waals surface area contributed by atoms with Crippen LogP contribution in [0.4, 0.5) is 0 Å². The number of rotatable bonds is 5. The minimum atomic E-state index is -0.0267. The summed E-state index contributed by atoms with van der Waals surface area (Å²) in [5.41, 5.74) is 0.774. The van der Waals surface area contributed by atoms with Crippen LogP contribution in [-0.2, 0) is 0 Å². The van der Waals surface area contributed by atoms with Gasteiger partial charge < -0.3 is 4.74 Å². The van der Waals surface area contributed by atoms with Crippen molar-refractivity contribution in [2.75, 3.05) is 20.2 Å². The molecule has 0 radical (unpaired) electrons. The maximum absolute atomic E-state index is 12.5. The Morgan fingerprint density at radius 3 is 2.40 bits per heavy atom. The van der Waals surface area contributed by atoms with Crippen LogP contribution in [0.2, 0.25) is 0 Å². The van der Waals surface area contributed by atoms with Gasteiger partial charge in [0.15, 0.2) is 5.78 Å². The molecule has 1 fully saturated rings. The molecule has 1 heterocycles. The van der Waals surface area contributed by atoms with E-state index in [1.54, 1.807) is 7.11 Å². The van der Waals surface area contributed by atoms with Crippen molar-refractivity contribution in [1.82, 2.24) is 4.90 Å². The number of ether oxygens (including phenoxy) is 1. The summed E-state index contributed by atoms with van der Waals surface area (Å²) in [5, 5.41) is 0. The van der Waals surface area contributed by atoms with E-state index in [1.807, 2.05) is 31.2 Å². The maximum Gasteiger partial charge on any atom is 0.179 e. The number of Topliss-reactive ketones (excluding diaryl/α,β-unsaturated/α-hetero) is 1. The van der Waals surface area contributed by atoms with Crippen LogP contribution >= 0.6 is 0 Å². The topological polar surface area (TPSA) is 29.5 Å². The molecular formula is C17H25NO2. The van der Waals surface area contributed by atoms with E-state index in [0.717, 1.165) is 30.3 Å². The predicted molar refractivity (Wildman–Crippen MR) is 81.4 cm³/mol. The quantitative estimate of drug-likeness (QED) is 0.771. The summed E-state index contributed by atoms with van der Waals surface area (Å²) < 4.78 is 5.13. The van der Waals surface area contributed by atoms with E-state index < -0.39 is 0 Å². The van der Waals surface area contributed by atoms with Crippen molar-refractivity contribution in [2.45, 2.75) is 39.2 Å². The van der Waals surface area contributed by atoms with Gasteiger partial charge in [-0.05, 0) is 63.0 Å². The Hall–Kier alpha value is -1.35. The van der Waals surface area contributed by atoms with Gasteiger partial charge >= 0.3 is 0 Å². The van der Waals surface area contributed by atoms with Crippen molar-refractivity contribution in [3.63, 3.8) is 0 Å². The second-order valence-corrected chi connectivity index (χ2v) is 5.66. The molecule has 3 nitrogen and oxygen atoms in total. The number of nitrogens with zero attached hydrogens (tertiary/aromatic N) is 1. The molecule has 1 aromatic carbocycles. The first-order valence-corrected chi connectivity index (χ1v) is 7.58. The van der Waals surface area contributed by atoms with Gasteiger partial charge in [0.05, 0.1) is 13.2 Å². The third-order valence-electron chi connectivity index (χ3n) is 4.53. The maximum atomic E-state index is 12.5. The number of methoxy groups -OCH3 is 1. The Balaban J connectivity index is 1.97. The zero-order valence-electron chi connectivity index (χ0n) is 12.8. The van der Waals surface area contributed by atoms with Gasteiger partial charge in [0.2, 0.25) is 0 Å². The fourth-order valence-electron chi connectivity index (χ4n) is 2.91. The van der Waals surface area contributed by atoms with Gasteiger partial charge in [-0.2, -0.15) is 0 Å². The number of likely N-dealkylation sites (tertiary alicyclic amines) is 1. The summed E-state index contributed by atoms with van der Waals surface area (Å²) >= 11 is 0. The fraction of sp³-hybridized carbons (Fsp3) is 0.588. The normalized spacial score (nSPS) is 18.8. The van der Waals surface area contributed by atoms with E-state index in [2.05, 4.69) is 11.8 Å². The molecule has 20 heavy (non-hydrogen) atoms. The van der Waals surface area contributed by atoms with Crippen LogP contribution in [0.5, 0.6) is 5.75 Å². The Labute approximate surface area is 121 Å². The molecule has 110 valence electrons. The van der Waals surface area contributed by atoms with Gasteiger partial charge in [-0.25, -0.2) is 0 Å². The third kappa shape index (κ3) is 3.40. The molecule has 1 aliphatic rings. The average Bonchev–Trinajstić information content (AvgIpc) is 2.53. The lowest BCUT2D eigenvalue weighted by atomic mass is 9.92. The first-order chi connectivity index (χ1) is 9.65. The first kappa shape index (κ1) is 15.0. The van der Waals surface area contributed by atoms with Crippen LogP contribution in [0.3, 0.4) is 0 Å². The second-order valence-electron chi connectivity index (χ2n) is 5.66. The van der Waals surface area contributed by atoms with Crippen LogP contribution in [0.25, 0.3) is 0 Å². The van der Waals surface area contributed by atoms with Crippen LogP contribution in [-0.4, -0.2) is 36.9 Å². The highest BCUT2D eigenvalue weighted by Gasteiger charge is 2.26. The lowest BCUT2D eigenvalue weighted by Gasteiger charge is -2.35. The molecule has 1 saturated heterocycles. The predicted octanol–water partition coefficient (Wildman–Crippen LogP) is 3.39. The van der Waals surface area contributed by atoms with E-state index >= 15 is 0 Å². The molecule has 0 spiro atoms. The fourth-order valence-corrected chi connectivity index (χ4v) is 2.91. The molecule has 3 heteroatoms. The molecule has 0 aromatic heterocycles. The summed E-state index contributed by atoms with van der Waals surface area (Å²) in [6.07, 6.45) is 3.70. The summed E-state index contributed by atoms with van der Waals surface area (Å²) in [4.78, 5) is 14.8. The van der Waals surface area contributed by atoms with E-state index in [-0.39, 0.29) is 11.8 Å². The van der Waals surface area contributed by atoms with E-state index in [4.69, 9.17) is 4.74 Å². The number of carbonyl (C=O) groups is 1. The smallest absolute Gasteiger partial charge is 0.179 e. The monoisotopic (exact) mass is 275 g/mol. The Morgan fingerprint density at radius 1 is 1.30 bits per heavy atom. The number of piperidine rings is 1. The lowest BCUT2D eigenvalue weighted by molar-refractivity contribution is 0.0769. The molecule has 1 aliphatic heterocycles. The van der Waals surface area contributed by atoms with Crippen molar-refractivity contribution in [3.05, 3.63) is 29.8 Å². The Kier molecular flexibility index (Phi) is 5.18. The average molecular weight is 275 g/mol. The van der Waals surface area contributed by atoms with Gasteiger partial charge in [-0.1, -0.05) is 13.3 Å². The van der Waals surface area contributed by atoms with Crippen molar-refractivity contribution in [3.8, 4) is 5.75 Å². The van der Waals surface area contributed by atoms with Gasteiger partial charge in [0.1, 0.15) is 5.75 Å². The molecule has 2 rings (SSSR count). The SMILES string of the molecule is CCC1CCN(C(C)C(=O)c2ccc(OC)cc2)CC1. The molecule has 1 unspecified atom stereocenters. The van der Waals surface area contributed by atoms with Crippen molar-refractivity contribution in [1.29, 1.82) is 0 Å². The zero-order chi connectivity index (χ0) is 14.5. The number of hydrogen-bond acceptors (Lipinski definition) is 3. The molecule has 0 saturated carbocycles. The minimum absolute atomic E-state index is 0.0267. The number of ketones is 1. The highest BCUT2D eigenvalue weighted by molar-refractivity contribution is 5.99. The van der Waals surface area contributed by atoms with E-state index in [9.17, 15) is 4.79 Å². The molecule has 0 N–H and O–H groups in total. The van der Waals surface area contributed by atoms with Crippen LogP contribution < -0.4 is 4.74 Å². The van der Waals surface area contributed by atoms with E-state index in [1.165, 1.54) is 19.3 Å². The highest BCUT2D eigenvalue weighted by atomic mass is 16.5. The molecule has 1 aromatic rings. The summed E-state index contributed by atoms with van der Waals surface area (Å²) in [6.45, 7) is 6.37. The van der Waals surface area contributed by atoms with Crippen LogP contribution in [0, 0.1) is 5.92 Å². The zero-order valence-corrected chi connectivity index (χ0v) is 12.8. The Morgan fingerprint density at radius 2 is 1.90 bits per heavy atom. The third-order valence-corrected chi connectivity index (χ3v) is 4.53. The largest absolute Gasteiger partial charge is 0.497 e. The van der Waals surface area contributed by atoms with Crippen molar-refractivity contribution >= 4 is 5.78 Å². The molecule has 0 aliphatic carbocycles. The first-order valence-electron chi connectivity index (χ1n) is 7.58. The van der Waals surface area contributed by atoms with Crippen molar-refractivity contribution < 1.29 is 9.53 Å². The van der Waals surface area contributed by atoms with Gasteiger partial charge in [0.25, 0.3) is 0 Å². The van der Waals surface area contributed by atoms with Crippen molar-refractivity contribution in [2.24, 2.45) is 5.92 Å². The molecule has 0 bridgehead atoms. The van der Waals surface area contributed by atoms with Gasteiger partial charge in [0, 0.05) is 5.56 Å². The van der Waals surface area contributed by atoms with E-state index in [0.29, 0.717) is 0 Å². The number of carbonyl (C=O) groups excluding carboxylic acids is 1. The minimum Gasteiger partial charge on any atom is -0.497 e. The summed E-state index contributed by atoms with van der Waals surface area (Å²) in [6, 6.07) is 7.39. The molecule has 0 amide bonds. The number of benzene rings is 1. The highest BCUT2D eigenvalue weighted by Crippen LogP contribution is 2.23. The number of hydrogen-bond donors (Lipinski definition) is 0. The van der Waals surface area contributed by atoms with Crippen LogP contribution in [0.15, 0.2) is 24.3 Å².